The molecule has 0 spiro atoms. The number of sulfonamides is 1. The molecule has 1 N–H and O–H groups in total. The molecule has 0 aliphatic heterocycles. The van der Waals surface area contributed by atoms with Gasteiger partial charge in [0.05, 0.1) is 7.11 Å². The Kier molecular flexibility index (Phi) is 3.40. The molecule has 17 heavy (non-hydrogen) atoms. The number of aryl methyl sites for hydroxylation is 2. The van der Waals surface area contributed by atoms with Crippen LogP contribution in [0.2, 0.25) is 0 Å². The number of ether oxygens (including phenoxy) is 1. The van der Waals surface area contributed by atoms with Crippen LogP contribution in [0, 0.1) is 0 Å². The minimum Gasteiger partial charge on any atom is -0.495 e. The standard InChI is InChI=1S/C12H17NO3S/c1-13-17(14,15)12-8-10-6-4-3-5-9(10)7-11(12)16-2/h7-8,13H,3-6H2,1-2H3. The molecule has 94 valence electrons. The fourth-order valence-corrected chi connectivity index (χ4v) is 3.14. The molecule has 0 aromatic heterocycles. The number of hydrogen-bond acceptors (Lipinski definition) is 3. The highest BCUT2D eigenvalue weighted by Gasteiger charge is 2.21. The molecular weight excluding hydrogens is 238 g/mol. The van der Waals surface area contributed by atoms with Gasteiger partial charge in [-0.3, -0.25) is 0 Å². The number of nitrogens with one attached hydrogen (secondary N) is 1. The van der Waals surface area contributed by atoms with Crippen LogP contribution in [0.25, 0.3) is 0 Å². The van der Waals surface area contributed by atoms with Crippen molar-refractivity contribution in [2.75, 3.05) is 14.2 Å². The Labute approximate surface area is 102 Å². The summed E-state index contributed by atoms with van der Waals surface area (Å²) in [6.07, 6.45) is 4.24. The van der Waals surface area contributed by atoms with Crippen LogP contribution in [-0.2, 0) is 22.9 Å². The van der Waals surface area contributed by atoms with Gasteiger partial charge in [-0.2, -0.15) is 0 Å². The van der Waals surface area contributed by atoms with Crippen LogP contribution < -0.4 is 9.46 Å². The lowest BCUT2D eigenvalue weighted by Crippen LogP contribution is -2.20. The molecule has 2 rings (SSSR count). The van der Waals surface area contributed by atoms with Gasteiger partial charge in [0.2, 0.25) is 10.0 Å². The Morgan fingerprint density at radius 2 is 1.76 bits per heavy atom. The largest absolute Gasteiger partial charge is 0.495 e. The van der Waals surface area contributed by atoms with Crippen molar-refractivity contribution >= 4 is 10.0 Å². The number of fused-ring (bicyclic) bond motifs is 1. The fourth-order valence-electron chi connectivity index (χ4n) is 2.22. The molecule has 0 bridgehead atoms. The molecule has 0 saturated carbocycles. The van der Waals surface area contributed by atoms with Crippen LogP contribution >= 0.6 is 0 Å². The minimum absolute atomic E-state index is 0.239. The summed E-state index contributed by atoms with van der Waals surface area (Å²) in [6.45, 7) is 0. The first kappa shape index (κ1) is 12.4. The van der Waals surface area contributed by atoms with Crippen LogP contribution in [0.3, 0.4) is 0 Å². The molecule has 0 saturated heterocycles. The first-order chi connectivity index (χ1) is 8.08. The molecule has 0 heterocycles. The monoisotopic (exact) mass is 255 g/mol. The van der Waals surface area contributed by atoms with Gasteiger partial charge in [0.1, 0.15) is 10.6 Å². The van der Waals surface area contributed by atoms with E-state index in [0.717, 1.165) is 31.2 Å². The smallest absolute Gasteiger partial charge is 0.244 e. The van der Waals surface area contributed by atoms with Crippen molar-refractivity contribution in [1.29, 1.82) is 0 Å². The predicted molar refractivity (Wildman–Crippen MR) is 65.9 cm³/mol. The Hall–Kier alpha value is -1.07. The van der Waals surface area contributed by atoms with Gasteiger partial charge in [-0.1, -0.05) is 0 Å². The Balaban J connectivity index is 2.59. The third-order valence-electron chi connectivity index (χ3n) is 3.19. The van der Waals surface area contributed by atoms with Gasteiger partial charge in [0.25, 0.3) is 0 Å². The zero-order valence-electron chi connectivity index (χ0n) is 10.1. The van der Waals surface area contributed by atoms with E-state index in [-0.39, 0.29) is 4.90 Å². The SMILES string of the molecule is CNS(=O)(=O)c1cc2c(cc1OC)CCCC2. The summed E-state index contributed by atoms with van der Waals surface area (Å²) in [5.74, 6) is 0.431. The van der Waals surface area contributed by atoms with Gasteiger partial charge in [-0.15, -0.1) is 0 Å². The average molecular weight is 255 g/mol. The molecule has 1 aromatic rings. The van der Waals surface area contributed by atoms with Crippen molar-refractivity contribution in [2.24, 2.45) is 0 Å². The predicted octanol–water partition coefficient (Wildman–Crippen LogP) is 1.48. The van der Waals surface area contributed by atoms with E-state index in [1.54, 1.807) is 6.07 Å². The lowest BCUT2D eigenvalue weighted by atomic mass is 9.92. The molecule has 0 fully saturated rings. The second kappa shape index (κ2) is 4.66. The summed E-state index contributed by atoms with van der Waals surface area (Å²) in [7, 11) is -0.539. The van der Waals surface area contributed by atoms with E-state index in [1.165, 1.54) is 19.7 Å². The maximum Gasteiger partial charge on any atom is 0.244 e. The topological polar surface area (TPSA) is 55.4 Å². The highest BCUT2D eigenvalue weighted by molar-refractivity contribution is 7.89. The van der Waals surface area contributed by atoms with Crippen LogP contribution in [0.15, 0.2) is 17.0 Å². The van der Waals surface area contributed by atoms with Crippen LogP contribution in [0.4, 0.5) is 0 Å². The highest BCUT2D eigenvalue weighted by Crippen LogP contribution is 2.31. The Morgan fingerprint density at radius 1 is 1.18 bits per heavy atom. The lowest BCUT2D eigenvalue weighted by molar-refractivity contribution is 0.401. The maximum absolute atomic E-state index is 11.9. The molecule has 4 nitrogen and oxygen atoms in total. The zero-order chi connectivity index (χ0) is 12.5. The van der Waals surface area contributed by atoms with Crippen molar-refractivity contribution in [1.82, 2.24) is 4.72 Å². The number of methoxy groups -OCH3 is 1. The number of rotatable bonds is 3. The van der Waals surface area contributed by atoms with Gasteiger partial charge in [0.15, 0.2) is 0 Å². The highest BCUT2D eigenvalue weighted by atomic mass is 32.2. The van der Waals surface area contributed by atoms with E-state index in [1.807, 2.05) is 6.07 Å². The van der Waals surface area contributed by atoms with E-state index in [2.05, 4.69) is 4.72 Å². The zero-order valence-corrected chi connectivity index (χ0v) is 10.9. The molecule has 0 radical (unpaired) electrons. The van der Waals surface area contributed by atoms with Crippen LogP contribution in [-0.4, -0.2) is 22.6 Å². The van der Waals surface area contributed by atoms with Gasteiger partial charge >= 0.3 is 0 Å². The molecule has 1 aliphatic rings. The molecule has 1 aromatic carbocycles. The van der Waals surface area contributed by atoms with Crippen molar-refractivity contribution in [3.8, 4) is 5.75 Å². The third kappa shape index (κ3) is 2.30. The van der Waals surface area contributed by atoms with E-state index in [9.17, 15) is 8.42 Å². The van der Waals surface area contributed by atoms with Gasteiger partial charge in [0, 0.05) is 0 Å². The quantitative estimate of drug-likeness (QED) is 0.890. The fraction of sp³-hybridized carbons (Fsp3) is 0.500. The van der Waals surface area contributed by atoms with E-state index >= 15 is 0 Å². The molecule has 0 amide bonds. The van der Waals surface area contributed by atoms with Crippen molar-refractivity contribution in [3.63, 3.8) is 0 Å². The second-order valence-corrected chi connectivity index (χ2v) is 6.04. The average Bonchev–Trinajstić information content (AvgIpc) is 2.37. The van der Waals surface area contributed by atoms with Crippen molar-refractivity contribution < 1.29 is 13.2 Å². The molecule has 5 heteroatoms. The van der Waals surface area contributed by atoms with Gasteiger partial charge in [-0.05, 0) is 56.0 Å². The summed E-state index contributed by atoms with van der Waals surface area (Å²) in [5, 5.41) is 0. The van der Waals surface area contributed by atoms with Gasteiger partial charge in [-0.25, -0.2) is 13.1 Å². The van der Waals surface area contributed by atoms with Crippen molar-refractivity contribution in [3.05, 3.63) is 23.3 Å². The third-order valence-corrected chi connectivity index (χ3v) is 4.62. The molecular formula is C12H17NO3S. The Morgan fingerprint density at radius 3 is 2.29 bits per heavy atom. The van der Waals surface area contributed by atoms with E-state index < -0.39 is 10.0 Å². The number of hydrogen-bond donors (Lipinski definition) is 1. The summed E-state index contributed by atoms with van der Waals surface area (Å²) < 4.78 is 31.3. The normalized spacial score (nSPS) is 15.4. The molecule has 1 aliphatic carbocycles. The Bertz CT molecular complexity index is 523. The van der Waals surface area contributed by atoms with Crippen molar-refractivity contribution in [2.45, 2.75) is 30.6 Å². The summed E-state index contributed by atoms with van der Waals surface area (Å²) >= 11 is 0. The van der Waals surface area contributed by atoms with Crippen LogP contribution in [0.5, 0.6) is 5.75 Å². The summed E-state index contributed by atoms with van der Waals surface area (Å²) in [6, 6.07) is 3.61. The molecule has 0 atom stereocenters. The first-order valence-corrected chi connectivity index (χ1v) is 7.20. The van der Waals surface area contributed by atoms with E-state index in [0.29, 0.717) is 5.75 Å². The lowest BCUT2D eigenvalue weighted by Gasteiger charge is -2.19. The summed E-state index contributed by atoms with van der Waals surface area (Å²) in [5.41, 5.74) is 2.34. The van der Waals surface area contributed by atoms with E-state index in [4.69, 9.17) is 4.74 Å². The summed E-state index contributed by atoms with van der Waals surface area (Å²) in [4.78, 5) is 0.239. The van der Waals surface area contributed by atoms with Crippen LogP contribution in [0.1, 0.15) is 24.0 Å². The first-order valence-electron chi connectivity index (χ1n) is 5.72. The number of benzene rings is 1. The second-order valence-electron chi connectivity index (χ2n) is 4.19. The minimum atomic E-state index is -3.45. The van der Waals surface area contributed by atoms with Gasteiger partial charge < -0.3 is 4.74 Å². The maximum atomic E-state index is 11.9. The molecule has 0 unspecified atom stereocenters.